The van der Waals surface area contributed by atoms with Gasteiger partial charge in [0.1, 0.15) is 12.6 Å². The summed E-state index contributed by atoms with van der Waals surface area (Å²) in [4.78, 5) is 27.7. The number of aliphatic carboxylic acids is 1. The van der Waals surface area contributed by atoms with Crippen molar-refractivity contribution in [2.24, 2.45) is 0 Å². The van der Waals surface area contributed by atoms with Gasteiger partial charge < -0.3 is 30.2 Å². The van der Waals surface area contributed by atoms with E-state index in [0.717, 1.165) is 18.5 Å². The van der Waals surface area contributed by atoms with Crippen molar-refractivity contribution in [3.05, 3.63) is 54.1 Å². The summed E-state index contributed by atoms with van der Waals surface area (Å²) in [7, 11) is 0. The van der Waals surface area contributed by atoms with Crippen molar-refractivity contribution in [1.82, 2.24) is 20.2 Å². The number of hydrogen-bond acceptors (Lipinski definition) is 6. The van der Waals surface area contributed by atoms with Gasteiger partial charge in [0.25, 0.3) is 0 Å². The number of amides is 1. The first kappa shape index (κ1) is 23.4. The fourth-order valence-electron chi connectivity index (χ4n) is 2.92. The fourth-order valence-corrected chi connectivity index (χ4v) is 2.92. The molecule has 0 saturated carbocycles. The minimum atomic E-state index is -0.976. The number of benzene rings is 1. The maximum atomic E-state index is 11.9. The van der Waals surface area contributed by atoms with Crippen molar-refractivity contribution < 1.29 is 24.5 Å². The van der Waals surface area contributed by atoms with Gasteiger partial charge in [0.15, 0.2) is 0 Å². The number of carbonyl (C=O) groups is 2. The van der Waals surface area contributed by atoms with Gasteiger partial charge in [-0.2, -0.15) is 0 Å². The Bertz CT molecular complexity index is 781. The smallest absolute Gasteiger partial charge is 0.407 e. The zero-order valence-corrected chi connectivity index (χ0v) is 17.2. The molecule has 0 aliphatic heterocycles. The molecule has 2 rings (SSSR count). The van der Waals surface area contributed by atoms with Crippen LogP contribution >= 0.6 is 0 Å². The van der Waals surface area contributed by atoms with Crippen molar-refractivity contribution >= 4 is 12.1 Å². The summed E-state index contributed by atoms with van der Waals surface area (Å²) in [5.41, 5.74) is 1.56. The number of carboxylic acids is 1. The Morgan fingerprint density at radius 1 is 1.27 bits per heavy atom. The summed E-state index contributed by atoms with van der Waals surface area (Å²) in [6, 6.07) is 7.92. The Balaban J connectivity index is 1.74. The summed E-state index contributed by atoms with van der Waals surface area (Å²) in [6.45, 7) is 3.06. The number of ether oxygens (including phenoxy) is 1. The van der Waals surface area contributed by atoms with E-state index in [-0.39, 0.29) is 19.6 Å². The number of hydrogen-bond donors (Lipinski definition) is 4. The summed E-state index contributed by atoms with van der Waals surface area (Å²) in [5, 5.41) is 24.5. The minimum absolute atomic E-state index is 0.134. The lowest BCUT2D eigenvalue weighted by molar-refractivity contribution is -0.139. The highest BCUT2D eigenvalue weighted by Crippen LogP contribution is 2.04. The SMILES string of the molecule is CCCn1cnc(C[C@H](NCC[C@@H](CO)NC(=O)OCc2ccccc2)C(=O)O)c1. The lowest BCUT2D eigenvalue weighted by Gasteiger charge is -2.18. The zero-order valence-electron chi connectivity index (χ0n) is 17.2. The summed E-state index contributed by atoms with van der Waals surface area (Å²) >= 11 is 0. The van der Waals surface area contributed by atoms with Crippen LogP contribution in [0.2, 0.25) is 0 Å². The summed E-state index contributed by atoms with van der Waals surface area (Å²) in [6.07, 6.45) is 4.49. The molecule has 9 heteroatoms. The van der Waals surface area contributed by atoms with Crippen molar-refractivity contribution in [2.45, 2.75) is 51.4 Å². The number of alkyl carbamates (subject to hydrolysis) is 1. The van der Waals surface area contributed by atoms with Gasteiger partial charge in [0.05, 0.1) is 24.7 Å². The predicted molar refractivity (Wildman–Crippen MR) is 111 cm³/mol. The largest absolute Gasteiger partial charge is 0.480 e. The number of nitrogens with one attached hydrogen (secondary N) is 2. The molecule has 0 saturated heterocycles. The van der Waals surface area contributed by atoms with Gasteiger partial charge in [-0.3, -0.25) is 4.79 Å². The molecule has 1 aromatic heterocycles. The molecule has 9 nitrogen and oxygen atoms in total. The number of aromatic nitrogens is 2. The molecule has 4 N–H and O–H groups in total. The van der Waals surface area contributed by atoms with Gasteiger partial charge in [0.2, 0.25) is 0 Å². The van der Waals surface area contributed by atoms with Crippen LogP contribution in [0.25, 0.3) is 0 Å². The van der Waals surface area contributed by atoms with Crippen LogP contribution in [-0.2, 0) is 29.1 Å². The first-order chi connectivity index (χ1) is 14.5. The standard InChI is InChI=1S/C21H30N4O5/c1-2-10-25-12-18(23-15-25)11-19(20(27)28)22-9-8-17(13-26)24-21(29)30-14-16-6-4-3-5-7-16/h3-7,12,15,17,19,22,26H,2,8-11,13-14H2,1H3,(H,24,29)(H,27,28)/t17-,19-/m0/s1. The van der Waals surface area contributed by atoms with E-state index in [1.54, 1.807) is 6.33 Å². The molecule has 0 aliphatic rings. The van der Waals surface area contributed by atoms with Gasteiger partial charge in [-0.05, 0) is 24.9 Å². The van der Waals surface area contributed by atoms with Crippen LogP contribution < -0.4 is 10.6 Å². The zero-order chi connectivity index (χ0) is 21.8. The van der Waals surface area contributed by atoms with Crippen LogP contribution in [0.3, 0.4) is 0 Å². The Hall–Kier alpha value is -2.91. The normalized spacial score (nSPS) is 12.9. The van der Waals surface area contributed by atoms with Crippen molar-refractivity contribution in [2.75, 3.05) is 13.2 Å². The number of rotatable bonds is 13. The molecule has 30 heavy (non-hydrogen) atoms. The highest BCUT2D eigenvalue weighted by molar-refractivity contribution is 5.73. The topological polar surface area (TPSA) is 126 Å². The third kappa shape index (κ3) is 8.22. The Kier molecular flexibility index (Phi) is 9.82. The van der Waals surface area contributed by atoms with Crippen LogP contribution in [-0.4, -0.2) is 57.1 Å². The molecule has 0 unspecified atom stereocenters. The Labute approximate surface area is 176 Å². The first-order valence-corrected chi connectivity index (χ1v) is 10.1. The number of carbonyl (C=O) groups excluding carboxylic acids is 1. The second kappa shape index (κ2) is 12.6. The van der Waals surface area contributed by atoms with Gasteiger partial charge in [-0.25, -0.2) is 9.78 Å². The first-order valence-electron chi connectivity index (χ1n) is 10.1. The minimum Gasteiger partial charge on any atom is -0.480 e. The van der Waals surface area contributed by atoms with Gasteiger partial charge in [0, 0.05) is 19.2 Å². The maximum absolute atomic E-state index is 11.9. The third-order valence-corrected chi connectivity index (χ3v) is 4.52. The molecule has 0 fully saturated rings. The molecular formula is C21H30N4O5. The number of imidazole rings is 1. The lowest BCUT2D eigenvalue weighted by atomic mass is 10.1. The van der Waals surface area contributed by atoms with Gasteiger partial charge >= 0.3 is 12.1 Å². The average Bonchev–Trinajstić information content (AvgIpc) is 3.18. The van der Waals surface area contributed by atoms with E-state index in [4.69, 9.17) is 4.74 Å². The molecular weight excluding hydrogens is 388 g/mol. The number of aliphatic hydroxyl groups is 1. The molecule has 1 aromatic carbocycles. The summed E-state index contributed by atoms with van der Waals surface area (Å²) in [5.74, 6) is -0.976. The molecule has 2 atom stereocenters. The molecule has 0 bridgehead atoms. The number of nitrogens with zero attached hydrogens (tertiary/aromatic N) is 2. The van der Waals surface area contributed by atoms with Crippen LogP contribution in [0.1, 0.15) is 31.0 Å². The number of carboxylic acid groups (broad SMARTS) is 1. The Morgan fingerprint density at radius 2 is 2.03 bits per heavy atom. The van der Waals surface area contributed by atoms with Crippen LogP contribution in [0, 0.1) is 0 Å². The quantitative estimate of drug-likeness (QED) is 0.389. The molecule has 0 radical (unpaired) electrons. The van der Waals surface area contributed by atoms with Crippen LogP contribution in [0.4, 0.5) is 4.79 Å². The second-order valence-electron chi connectivity index (χ2n) is 7.03. The molecule has 0 spiro atoms. The highest BCUT2D eigenvalue weighted by Gasteiger charge is 2.20. The average molecular weight is 418 g/mol. The third-order valence-electron chi connectivity index (χ3n) is 4.52. The van der Waals surface area contributed by atoms with E-state index in [0.29, 0.717) is 18.7 Å². The van der Waals surface area contributed by atoms with Crippen molar-refractivity contribution in [3.63, 3.8) is 0 Å². The second-order valence-corrected chi connectivity index (χ2v) is 7.03. The molecule has 2 aromatic rings. The van der Waals surface area contributed by atoms with E-state index in [1.165, 1.54) is 0 Å². The van der Waals surface area contributed by atoms with Gasteiger partial charge in [-0.15, -0.1) is 0 Å². The van der Waals surface area contributed by atoms with Crippen molar-refractivity contribution in [1.29, 1.82) is 0 Å². The van der Waals surface area contributed by atoms with Crippen molar-refractivity contribution in [3.8, 4) is 0 Å². The molecule has 1 amide bonds. The molecule has 164 valence electrons. The van der Waals surface area contributed by atoms with E-state index < -0.39 is 24.1 Å². The molecule has 0 aliphatic carbocycles. The lowest BCUT2D eigenvalue weighted by Crippen LogP contribution is -2.43. The van der Waals surface area contributed by atoms with E-state index in [2.05, 4.69) is 22.5 Å². The van der Waals surface area contributed by atoms with E-state index in [9.17, 15) is 19.8 Å². The number of aliphatic hydroxyl groups excluding tert-OH is 1. The predicted octanol–water partition coefficient (Wildman–Crippen LogP) is 1.56. The van der Waals surface area contributed by atoms with Gasteiger partial charge in [-0.1, -0.05) is 37.3 Å². The monoisotopic (exact) mass is 418 g/mol. The van der Waals surface area contributed by atoms with Crippen LogP contribution in [0.15, 0.2) is 42.9 Å². The Morgan fingerprint density at radius 3 is 2.70 bits per heavy atom. The fraction of sp³-hybridized carbons (Fsp3) is 0.476. The molecule has 1 heterocycles. The number of aryl methyl sites for hydroxylation is 1. The van der Waals surface area contributed by atoms with E-state index in [1.807, 2.05) is 41.1 Å². The maximum Gasteiger partial charge on any atom is 0.407 e. The van der Waals surface area contributed by atoms with E-state index >= 15 is 0 Å². The highest BCUT2D eigenvalue weighted by atomic mass is 16.5. The summed E-state index contributed by atoms with van der Waals surface area (Å²) < 4.78 is 7.07. The van der Waals surface area contributed by atoms with Crippen LogP contribution in [0.5, 0.6) is 0 Å².